The average Bonchev–Trinajstić information content (AvgIpc) is 2.66. The smallest absolute Gasteiger partial charge is 0.267 e. The van der Waals surface area contributed by atoms with Gasteiger partial charge >= 0.3 is 0 Å². The summed E-state index contributed by atoms with van der Waals surface area (Å²) in [5.74, 6) is -0.747. The van der Waals surface area contributed by atoms with Gasteiger partial charge < -0.3 is 25.8 Å². The number of hydrogen-bond donors (Lipinski definition) is 4. The standard InChI is InChI=1S/C11H14N2O5/c12-11(17)7-5(2-1-3-13-7)10-9(16)8(15)6(4-14)18-10/h1-3,6,8-10,14-16H,4H2,(H2,12,17)/t6-,8-,9-,10-/m1/s1. The average molecular weight is 254 g/mol. The molecule has 98 valence electrons. The molecule has 0 aromatic carbocycles. The summed E-state index contributed by atoms with van der Waals surface area (Å²) >= 11 is 0. The maximum atomic E-state index is 11.2. The van der Waals surface area contributed by atoms with E-state index in [1.807, 2.05) is 0 Å². The number of pyridine rings is 1. The lowest BCUT2D eigenvalue weighted by Crippen LogP contribution is -2.32. The van der Waals surface area contributed by atoms with Gasteiger partial charge in [0.2, 0.25) is 0 Å². The van der Waals surface area contributed by atoms with E-state index in [9.17, 15) is 15.0 Å². The minimum Gasteiger partial charge on any atom is -0.394 e. The number of hydrogen-bond acceptors (Lipinski definition) is 6. The van der Waals surface area contributed by atoms with E-state index in [1.54, 1.807) is 6.07 Å². The van der Waals surface area contributed by atoms with Gasteiger partial charge in [0, 0.05) is 11.8 Å². The highest BCUT2D eigenvalue weighted by molar-refractivity contribution is 5.92. The Bertz CT molecular complexity index is 453. The summed E-state index contributed by atoms with van der Waals surface area (Å²) < 4.78 is 5.31. The van der Waals surface area contributed by atoms with Crippen molar-refractivity contribution in [3.05, 3.63) is 29.6 Å². The van der Waals surface area contributed by atoms with Gasteiger partial charge in [0.15, 0.2) is 0 Å². The number of carbonyl (C=O) groups is 1. The lowest BCUT2D eigenvalue weighted by Gasteiger charge is -2.16. The Balaban J connectivity index is 2.35. The maximum Gasteiger partial charge on any atom is 0.267 e. The summed E-state index contributed by atoms with van der Waals surface area (Å²) in [6.45, 7) is -0.430. The molecule has 5 N–H and O–H groups in total. The van der Waals surface area contributed by atoms with Gasteiger partial charge in [-0.25, -0.2) is 0 Å². The molecule has 0 saturated carbocycles. The first-order valence-corrected chi connectivity index (χ1v) is 5.43. The summed E-state index contributed by atoms with van der Waals surface area (Å²) in [5, 5.41) is 28.5. The molecule has 0 bridgehead atoms. The van der Waals surface area contributed by atoms with Crippen LogP contribution in [0.5, 0.6) is 0 Å². The highest BCUT2D eigenvalue weighted by Crippen LogP contribution is 2.34. The molecule has 18 heavy (non-hydrogen) atoms. The second kappa shape index (κ2) is 4.99. The van der Waals surface area contributed by atoms with Crippen LogP contribution in [0.2, 0.25) is 0 Å². The molecule has 2 rings (SSSR count). The number of primary amides is 1. The molecule has 1 aliphatic heterocycles. The van der Waals surface area contributed by atoms with E-state index >= 15 is 0 Å². The third kappa shape index (κ3) is 2.08. The van der Waals surface area contributed by atoms with E-state index in [-0.39, 0.29) is 5.69 Å². The normalized spacial score (nSPS) is 31.5. The molecule has 1 aromatic heterocycles. The van der Waals surface area contributed by atoms with Crippen molar-refractivity contribution < 1.29 is 24.9 Å². The number of aliphatic hydroxyl groups is 3. The maximum absolute atomic E-state index is 11.2. The number of carbonyl (C=O) groups excluding carboxylic acids is 1. The topological polar surface area (TPSA) is 126 Å². The van der Waals surface area contributed by atoms with Crippen LogP contribution in [0.25, 0.3) is 0 Å². The molecule has 0 spiro atoms. The second-order valence-electron chi connectivity index (χ2n) is 4.06. The van der Waals surface area contributed by atoms with Gasteiger partial charge in [0.25, 0.3) is 5.91 Å². The molecule has 1 saturated heterocycles. The number of amides is 1. The number of aliphatic hydroxyl groups excluding tert-OH is 3. The van der Waals surface area contributed by atoms with E-state index in [2.05, 4.69) is 4.98 Å². The van der Waals surface area contributed by atoms with Gasteiger partial charge in [0.05, 0.1) is 6.61 Å². The highest BCUT2D eigenvalue weighted by Gasteiger charge is 2.44. The van der Waals surface area contributed by atoms with Crippen molar-refractivity contribution in [2.75, 3.05) is 6.61 Å². The third-order valence-corrected chi connectivity index (χ3v) is 2.92. The molecule has 0 radical (unpaired) electrons. The number of nitrogens with two attached hydrogens (primary N) is 1. The van der Waals surface area contributed by atoms with E-state index in [1.165, 1.54) is 12.3 Å². The fraction of sp³-hybridized carbons (Fsp3) is 0.455. The summed E-state index contributed by atoms with van der Waals surface area (Å²) in [5.41, 5.74) is 5.46. The van der Waals surface area contributed by atoms with Crippen LogP contribution in [0.1, 0.15) is 22.2 Å². The molecular formula is C11H14N2O5. The van der Waals surface area contributed by atoms with Crippen LogP contribution in [-0.2, 0) is 4.74 Å². The van der Waals surface area contributed by atoms with E-state index in [0.717, 1.165) is 0 Å². The van der Waals surface area contributed by atoms with Crippen LogP contribution in [-0.4, -0.2) is 51.1 Å². The zero-order chi connectivity index (χ0) is 13.3. The predicted octanol–water partition coefficient (Wildman–Crippen LogP) is -1.67. The van der Waals surface area contributed by atoms with E-state index in [0.29, 0.717) is 5.56 Å². The van der Waals surface area contributed by atoms with E-state index < -0.39 is 36.9 Å². The van der Waals surface area contributed by atoms with Gasteiger partial charge in [-0.1, -0.05) is 6.07 Å². The van der Waals surface area contributed by atoms with Crippen molar-refractivity contribution in [2.45, 2.75) is 24.4 Å². The molecule has 1 aromatic rings. The quantitative estimate of drug-likeness (QED) is 0.511. The molecule has 1 amide bonds. The summed E-state index contributed by atoms with van der Waals surface area (Å²) in [6, 6.07) is 3.10. The zero-order valence-corrected chi connectivity index (χ0v) is 9.43. The Morgan fingerprint density at radius 2 is 2.17 bits per heavy atom. The van der Waals surface area contributed by atoms with E-state index in [4.69, 9.17) is 15.6 Å². The minimum atomic E-state index is -1.25. The van der Waals surface area contributed by atoms with Gasteiger partial charge in [0.1, 0.15) is 30.1 Å². The lowest BCUT2D eigenvalue weighted by molar-refractivity contribution is -0.0230. The van der Waals surface area contributed by atoms with Crippen molar-refractivity contribution in [1.82, 2.24) is 4.98 Å². The Morgan fingerprint density at radius 1 is 1.44 bits per heavy atom. The first kappa shape index (κ1) is 12.9. The Hall–Kier alpha value is -1.54. The van der Waals surface area contributed by atoms with Crippen molar-refractivity contribution >= 4 is 5.91 Å². The fourth-order valence-electron chi connectivity index (χ4n) is 2.01. The number of nitrogens with zero attached hydrogens (tertiary/aromatic N) is 1. The first-order valence-electron chi connectivity index (χ1n) is 5.43. The van der Waals surface area contributed by atoms with Crippen molar-refractivity contribution in [3.8, 4) is 0 Å². The highest BCUT2D eigenvalue weighted by atomic mass is 16.6. The molecule has 0 aliphatic carbocycles. The van der Waals surface area contributed by atoms with Gasteiger partial charge in [-0.2, -0.15) is 0 Å². The predicted molar refractivity (Wildman–Crippen MR) is 59.5 cm³/mol. The Labute approximate surface area is 103 Å². The molecule has 1 fully saturated rings. The van der Waals surface area contributed by atoms with Crippen LogP contribution in [0, 0.1) is 0 Å². The fourth-order valence-corrected chi connectivity index (χ4v) is 2.01. The molecule has 0 unspecified atom stereocenters. The largest absolute Gasteiger partial charge is 0.394 e. The number of ether oxygens (including phenoxy) is 1. The lowest BCUT2D eigenvalue weighted by atomic mass is 10.00. The van der Waals surface area contributed by atoms with Crippen LogP contribution >= 0.6 is 0 Å². The molecule has 1 aliphatic rings. The van der Waals surface area contributed by atoms with Crippen molar-refractivity contribution in [3.63, 3.8) is 0 Å². The number of rotatable bonds is 3. The second-order valence-corrected chi connectivity index (χ2v) is 4.06. The minimum absolute atomic E-state index is 0.0210. The first-order chi connectivity index (χ1) is 8.56. The summed E-state index contributed by atoms with van der Waals surface area (Å²) in [4.78, 5) is 15.1. The Kier molecular flexibility index (Phi) is 3.58. The molecule has 4 atom stereocenters. The van der Waals surface area contributed by atoms with Crippen molar-refractivity contribution in [2.24, 2.45) is 5.73 Å². The molecule has 7 nitrogen and oxygen atoms in total. The molecule has 2 heterocycles. The number of aromatic nitrogens is 1. The van der Waals surface area contributed by atoms with Crippen molar-refractivity contribution in [1.29, 1.82) is 0 Å². The zero-order valence-electron chi connectivity index (χ0n) is 9.43. The molecular weight excluding hydrogens is 240 g/mol. The summed E-state index contributed by atoms with van der Waals surface area (Å²) in [7, 11) is 0. The van der Waals surface area contributed by atoms with Crippen LogP contribution in [0.3, 0.4) is 0 Å². The van der Waals surface area contributed by atoms with Gasteiger partial charge in [-0.05, 0) is 6.07 Å². The summed E-state index contributed by atoms with van der Waals surface area (Å²) in [6.07, 6.45) is -2.91. The Morgan fingerprint density at radius 3 is 2.72 bits per heavy atom. The monoisotopic (exact) mass is 254 g/mol. The van der Waals surface area contributed by atoms with Gasteiger partial charge in [-0.15, -0.1) is 0 Å². The third-order valence-electron chi connectivity index (χ3n) is 2.92. The van der Waals surface area contributed by atoms with Crippen LogP contribution in [0.15, 0.2) is 18.3 Å². The van der Waals surface area contributed by atoms with Crippen LogP contribution < -0.4 is 5.73 Å². The molecule has 7 heteroatoms. The van der Waals surface area contributed by atoms with Gasteiger partial charge in [-0.3, -0.25) is 9.78 Å². The SMILES string of the molecule is NC(=O)c1ncccc1[C@H]1O[C@H](CO)[C@@H](O)[C@H]1O. The van der Waals surface area contributed by atoms with Crippen LogP contribution in [0.4, 0.5) is 0 Å².